The van der Waals surface area contributed by atoms with E-state index < -0.39 is 5.97 Å². The second-order valence-electron chi connectivity index (χ2n) is 7.73. The lowest BCUT2D eigenvalue weighted by Gasteiger charge is -2.18. The zero-order valence-corrected chi connectivity index (χ0v) is 16.9. The van der Waals surface area contributed by atoms with Gasteiger partial charge in [-0.3, -0.25) is 4.79 Å². The summed E-state index contributed by atoms with van der Waals surface area (Å²) in [4.78, 5) is 24.1. The fourth-order valence-electron chi connectivity index (χ4n) is 2.82. The number of carbonyl (C=O) groups is 2. The molecule has 0 aromatic heterocycles. The van der Waals surface area contributed by atoms with Crippen LogP contribution in [0.4, 0.5) is 0 Å². The van der Waals surface area contributed by atoms with Gasteiger partial charge in [-0.2, -0.15) is 0 Å². The van der Waals surface area contributed by atoms with Crippen LogP contribution in [0.25, 0.3) is 6.08 Å². The number of benzene rings is 2. The maximum Gasteiger partial charge on any atom is 0.344 e. The van der Waals surface area contributed by atoms with E-state index in [0.717, 1.165) is 5.56 Å². The Balaban J connectivity index is 1.71. The van der Waals surface area contributed by atoms with Gasteiger partial charge in [0.15, 0.2) is 12.4 Å². The van der Waals surface area contributed by atoms with Crippen molar-refractivity contribution in [3.63, 3.8) is 0 Å². The Hall–Kier alpha value is -3.34. The molecule has 0 atom stereocenters. The highest BCUT2D eigenvalue weighted by molar-refractivity contribution is 6.14. The Morgan fingerprint density at radius 1 is 1.14 bits per heavy atom. The molecule has 5 heteroatoms. The van der Waals surface area contributed by atoms with Gasteiger partial charge in [-0.05, 0) is 34.8 Å². The average molecular weight is 392 g/mol. The molecule has 5 nitrogen and oxygen atoms in total. The number of fused-ring (bicyclic) bond motifs is 1. The van der Waals surface area contributed by atoms with Crippen molar-refractivity contribution in [2.75, 3.05) is 13.2 Å². The van der Waals surface area contributed by atoms with Crippen LogP contribution < -0.4 is 9.47 Å². The number of allylic oxidation sites excluding steroid dienone is 1. The summed E-state index contributed by atoms with van der Waals surface area (Å²) in [5.41, 5.74) is 2.63. The van der Waals surface area contributed by atoms with Crippen LogP contribution in [-0.4, -0.2) is 25.0 Å². The minimum absolute atomic E-state index is 0.0656. The van der Waals surface area contributed by atoms with Gasteiger partial charge in [0.05, 0.1) is 5.56 Å². The number of hydrogen-bond donors (Lipinski definition) is 0. The van der Waals surface area contributed by atoms with Crippen LogP contribution in [0.5, 0.6) is 11.5 Å². The first-order valence-corrected chi connectivity index (χ1v) is 9.36. The molecule has 0 aliphatic carbocycles. The molecule has 0 amide bonds. The molecule has 29 heavy (non-hydrogen) atoms. The number of carbonyl (C=O) groups excluding carboxylic acids is 2. The van der Waals surface area contributed by atoms with Gasteiger partial charge in [0.1, 0.15) is 18.1 Å². The molecule has 2 aromatic rings. The first kappa shape index (κ1) is 20.4. The van der Waals surface area contributed by atoms with Crippen molar-refractivity contribution in [2.24, 2.45) is 0 Å². The third-order valence-electron chi connectivity index (χ3n) is 4.43. The van der Waals surface area contributed by atoms with Gasteiger partial charge in [0.25, 0.3) is 0 Å². The van der Waals surface area contributed by atoms with Crippen LogP contribution in [0.15, 0.2) is 60.9 Å². The first-order chi connectivity index (χ1) is 13.8. The van der Waals surface area contributed by atoms with Crippen molar-refractivity contribution in [3.8, 4) is 11.5 Å². The van der Waals surface area contributed by atoms with Gasteiger partial charge in [-0.15, -0.1) is 0 Å². The summed E-state index contributed by atoms with van der Waals surface area (Å²) in [6, 6.07) is 12.9. The number of hydrogen-bond acceptors (Lipinski definition) is 5. The molecule has 0 spiro atoms. The molecule has 0 saturated heterocycles. The van der Waals surface area contributed by atoms with E-state index in [1.54, 1.807) is 24.3 Å². The maximum absolute atomic E-state index is 12.6. The standard InChI is InChI=1S/C24H24O5/c1-5-12-27-22(25)15-28-18-10-11-19-20(14-18)29-21(23(19)26)13-16-6-8-17(9-7-16)24(2,3)4/h5-11,13-14H,1,12,15H2,2-4H3/b21-13+. The highest BCUT2D eigenvalue weighted by Crippen LogP contribution is 2.35. The number of Topliss-reactive ketones (excluding diaryl/α,β-unsaturated/α-hetero) is 1. The molecule has 0 bridgehead atoms. The molecule has 0 N–H and O–H groups in total. The van der Waals surface area contributed by atoms with Crippen molar-refractivity contribution in [2.45, 2.75) is 26.2 Å². The molecule has 0 radical (unpaired) electrons. The smallest absolute Gasteiger partial charge is 0.344 e. The van der Waals surface area contributed by atoms with E-state index in [2.05, 4.69) is 39.5 Å². The van der Waals surface area contributed by atoms with E-state index in [4.69, 9.17) is 14.2 Å². The van der Waals surface area contributed by atoms with Crippen LogP contribution in [-0.2, 0) is 14.9 Å². The molecule has 0 unspecified atom stereocenters. The number of rotatable bonds is 6. The van der Waals surface area contributed by atoms with Crippen molar-refractivity contribution >= 4 is 17.8 Å². The summed E-state index contributed by atoms with van der Waals surface area (Å²) in [5.74, 6) is 0.400. The maximum atomic E-state index is 12.6. The molecule has 3 rings (SSSR count). The van der Waals surface area contributed by atoms with Crippen molar-refractivity contribution in [1.29, 1.82) is 0 Å². The lowest BCUT2D eigenvalue weighted by molar-refractivity contribution is -0.144. The van der Waals surface area contributed by atoms with Crippen molar-refractivity contribution in [1.82, 2.24) is 0 Å². The van der Waals surface area contributed by atoms with Crippen LogP contribution in [0.1, 0.15) is 42.3 Å². The lowest BCUT2D eigenvalue weighted by Crippen LogP contribution is -2.14. The van der Waals surface area contributed by atoms with Gasteiger partial charge in [0, 0.05) is 6.07 Å². The van der Waals surface area contributed by atoms with Gasteiger partial charge >= 0.3 is 5.97 Å². The minimum Gasteiger partial charge on any atom is -0.482 e. The predicted molar refractivity (Wildman–Crippen MR) is 111 cm³/mol. The molecule has 0 fully saturated rings. The third-order valence-corrected chi connectivity index (χ3v) is 4.43. The predicted octanol–water partition coefficient (Wildman–Crippen LogP) is 4.71. The van der Waals surface area contributed by atoms with E-state index in [9.17, 15) is 9.59 Å². The van der Waals surface area contributed by atoms with Crippen LogP contribution >= 0.6 is 0 Å². The summed E-state index contributed by atoms with van der Waals surface area (Å²) in [5, 5.41) is 0. The van der Waals surface area contributed by atoms with Gasteiger partial charge in [0.2, 0.25) is 5.78 Å². The first-order valence-electron chi connectivity index (χ1n) is 9.36. The highest BCUT2D eigenvalue weighted by atomic mass is 16.6. The monoisotopic (exact) mass is 392 g/mol. The second kappa shape index (κ2) is 8.35. The molecule has 0 saturated carbocycles. The molecule has 1 aliphatic rings. The largest absolute Gasteiger partial charge is 0.482 e. The topological polar surface area (TPSA) is 61.8 Å². The third kappa shape index (κ3) is 4.93. The number of ketones is 1. The van der Waals surface area contributed by atoms with Crippen LogP contribution in [0.3, 0.4) is 0 Å². The van der Waals surface area contributed by atoms with Gasteiger partial charge in [-0.25, -0.2) is 4.79 Å². The SMILES string of the molecule is C=CCOC(=O)COc1ccc2c(c1)O/C(=C/c1ccc(C(C)(C)C)cc1)C2=O. The summed E-state index contributed by atoms with van der Waals surface area (Å²) in [7, 11) is 0. The Morgan fingerprint density at radius 2 is 1.86 bits per heavy atom. The van der Waals surface area contributed by atoms with E-state index >= 15 is 0 Å². The fraction of sp³-hybridized carbons (Fsp3) is 0.250. The number of esters is 1. The number of ether oxygens (including phenoxy) is 3. The van der Waals surface area contributed by atoms with E-state index in [-0.39, 0.29) is 30.2 Å². The molecule has 150 valence electrons. The lowest BCUT2D eigenvalue weighted by atomic mass is 9.86. The Kier molecular flexibility index (Phi) is 5.87. The zero-order valence-electron chi connectivity index (χ0n) is 16.9. The summed E-state index contributed by atoms with van der Waals surface area (Å²) < 4.78 is 16.0. The Bertz CT molecular complexity index is 962. The molecular weight excluding hydrogens is 368 g/mol. The molecule has 1 aliphatic heterocycles. The Labute approximate surface area is 170 Å². The minimum atomic E-state index is -0.498. The fourth-order valence-corrected chi connectivity index (χ4v) is 2.82. The molecule has 2 aromatic carbocycles. The van der Waals surface area contributed by atoms with E-state index in [1.165, 1.54) is 11.6 Å². The average Bonchev–Trinajstić information content (AvgIpc) is 2.99. The highest BCUT2D eigenvalue weighted by Gasteiger charge is 2.28. The van der Waals surface area contributed by atoms with Crippen molar-refractivity contribution < 1.29 is 23.8 Å². The van der Waals surface area contributed by atoms with Crippen LogP contribution in [0.2, 0.25) is 0 Å². The quantitative estimate of drug-likeness (QED) is 0.405. The second-order valence-corrected chi connectivity index (χ2v) is 7.73. The normalized spacial score (nSPS) is 14.3. The molecular formula is C24H24O5. The summed E-state index contributed by atoms with van der Waals surface area (Å²) in [6.07, 6.45) is 3.21. The summed E-state index contributed by atoms with van der Waals surface area (Å²) >= 11 is 0. The van der Waals surface area contributed by atoms with Gasteiger partial charge < -0.3 is 14.2 Å². The zero-order chi connectivity index (χ0) is 21.0. The summed E-state index contributed by atoms with van der Waals surface area (Å²) in [6.45, 7) is 9.84. The van der Waals surface area contributed by atoms with Gasteiger partial charge in [-0.1, -0.05) is 57.7 Å². The molecule has 1 heterocycles. The van der Waals surface area contributed by atoms with Crippen LogP contribution in [0, 0.1) is 0 Å². The van der Waals surface area contributed by atoms with E-state index in [0.29, 0.717) is 17.1 Å². The Morgan fingerprint density at radius 3 is 2.52 bits per heavy atom. The van der Waals surface area contributed by atoms with E-state index in [1.807, 2.05) is 12.1 Å². The van der Waals surface area contributed by atoms with Crippen molar-refractivity contribution in [3.05, 3.63) is 77.6 Å².